The first-order chi connectivity index (χ1) is 17.4. The predicted octanol–water partition coefficient (Wildman–Crippen LogP) is 5.87. The van der Waals surface area contributed by atoms with E-state index < -0.39 is 29.9 Å². The maximum atomic E-state index is 13.3. The van der Waals surface area contributed by atoms with Crippen molar-refractivity contribution in [1.29, 1.82) is 0 Å². The van der Waals surface area contributed by atoms with Crippen molar-refractivity contribution in [2.45, 2.75) is 32.4 Å². The lowest BCUT2D eigenvalue weighted by Crippen LogP contribution is -2.34. The number of carbonyl (C=O) groups is 3. The van der Waals surface area contributed by atoms with E-state index in [1.165, 1.54) is 11.3 Å². The number of aryl methyl sites for hydroxylation is 1. The van der Waals surface area contributed by atoms with Crippen LogP contribution in [0.5, 0.6) is 0 Å². The fourth-order valence-corrected chi connectivity index (χ4v) is 5.45. The number of carbonyl (C=O) groups excluding carboxylic acids is 3. The number of amides is 2. The summed E-state index contributed by atoms with van der Waals surface area (Å²) in [6.45, 7) is 3.53. The zero-order valence-corrected chi connectivity index (χ0v) is 20.8. The van der Waals surface area contributed by atoms with Gasteiger partial charge >= 0.3 is 5.97 Å². The Bertz CT molecular complexity index is 1420. The van der Waals surface area contributed by atoms with Gasteiger partial charge in [-0.05, 0) is 60.3 Å². The molecule has 0 aliphatic carbocycles. The van der Waals surface area contributed by atoms with Gasteiger partial charge < -0.3 is 15.0 Å². The zero-order valence-electron chi connectivity index (χ0n) is 20.0. The average molecular weight is 499 g/mol. The van der Waals surface area contributed by atoms with E-state index in [4.69, 9.17) is 4.74 Å². The predicted molar refractivity (Wildman–Crippen MR) is 142 cm³/mol. The highest BCUT2D eigenvalue weighted by Crippen LogP contribution is 2.43. The van der Waals surface area contributed by atoms with Crippen molar-refractivity contribution >= 4 is 51.3 Å². The molecule has 1 saturated heterocycles. The Morgan fingerprint density at radius 2 is 1.75 bits per heavy atom. The van der Waals surface area contributed by atoms with Crippen molar-refractivity contribution in [2.24, 2.45) is 5.92 Å². The molecule has 3 aromatic carbocycles. The van der Waals surface area contributed by atoms with Crippen molar-refractivity contribution in [3.05, 3.63) is 94.7 Å². The van der Waals surface area contributed by atoms with Gasteiger partial charge in [0.1, 0.15) is 0 Å². The van der Waals surface area contributed by atoms with Crippen LogP contribution >= 0.6 is 11.3 Å². The number of nitrogens with one attached hydrogen (secondary N) is 1. The molecule has 1 aromatic heterocycles. The fraction of sp³-hybridized carbons (Fsp3) is 0.207. The molecule has 1 aliphatic heterocycles. The summed E-state index contributed by atoms with van der Waals surface area (Å²) in [4.78, 5) is 41.8. The molecule has 0 spiro atoms. The van der Waals surface area contributed by atoms with E-state index in [-0.39, 0.29) is 12.3 Å². The number of esters is 1. The largest absolute Gasteiger partial charge is 0.452 e. The second-order valence-electron chi connectivity index (χ2n) is 9.00. The molecule has 1 N–H and O–H groups in total. The topological polar surface area (TPSA) is 75.7 Å². The Kier molecular flexibility index (Phi) is 6.57. The molecule has 7 heteroatoms. The Morgan fingerprint density at radius 3 is 2.47 bits per heavy atom. The van der Waals surface area contributed by atoms with Gasteiger partial charge in [0.05, 0.1) is 12.0 Å². The third-order valence-electron chi connectivity index (χ3n) is 6.45. The number of fused-ring (bicyclic) bond motifs is 1. The van der Waals surface area contributed by atoms with E-state index in [1.54, 1.807) is 11.8 Å². The van der Waals surface area contributed by atoms with Gasteiger partial charge in [-0.1, -0.05) is 54.1 Å². The SMILES string of the molecule is Cc1ccc(N2C(=O)C[C@H](C(=O)O[C@H](C)C(=O)Nc3ccc4ccccc4c3)[C@H]2c2cccs2)cc1. The summed E-state index contributed by atoms with van der Waals surface area (Å²) in [5.41, 5.74) is 2.45. The van der Waals surface area contributed by atoms with E-state index >= 15 is 0 Å². The summed E-state index contributed by atoms with van der Waals surface area (Å²) >= 11 is 1.49. The second-order valence-corrected chi connectivity index (χ2v) is 9.98. The Balaban J connectivity index is 1.32. The van der Waals surface area contributed by atoms with E-state index in [9.17, 15) is 14.4 Å². The fourth-order valence-electron chi connectivity index (χ4n) is 4.57. The summed E-state index contributed by atoms with van der Waals surface area (Å²) < 4.78 is 5.61. The molecule has 0 unspecified atom stereocenters. The Hall–Kier alpha value is -3.97. The molecule has 4 aromatic rings. The molecule has 0 radical (unpaired) electrons. The smallest absolute Gasteiger partial charge is 0.312 e. The molecular formula is C29H26N2O4S. The summed E-state index contributed by atoms with van der Waals surface area (Å²) in [5, 5.41) is 6.82. The highest BCUT2D eigenvalue weighted by Gasteiger charge is 2.47. The number of benzene rings is 3. The van der Waals surface area contributed by atoms with Crippen molar-refractivity contribution in [1.82, 2.24) is 0 Å². The van der Waals surface area contributed by atoms with Gasteiger partial charge in [0, 0.05) is 22.7 Å². The zero-order chi connectivity index (χ0) is 25.2. The first kappa shape index (κ1) is 23.8. The van der Waals surface area contributed by atoms with Crippen LogP contribution in [-0.2, 0) is 19.1 Å². The molecule has 6 nitrogen and oxygen atoms in total. The first-order valence-corrected chi connectivity index (χ1v) is 12.7. The van der Waals surface area contributed by atoms with Gasteiger partial charge in [0.25, 0.3) is 5.91 Å². The van der Waals surface area contributed by atoms with Crippen molar-refractivity contribution in [3.63, 3.8) is 0 Å². The average Bonchev–Trinajstić information content (AvgIpc) is 3.52. The van der Waals surface area contributed by atoms with Crippen LogP contribution in [0.1, 0.15) is 29.8 Å². The van der Waals surface area contributed by atoms with E-state index in [2.05, 4.69) is 5.32 Å². The second kappa shape index (κ2) is 9.95. The number of nitrogens with zero attached hydrogens (tertiary/aromatic N) is 1. The van der Waals surface area contributed by atoms with Gasteiger partial charge in [0.15, 0.2) is 6.10 Å². The maximum absolute atomic E-state index is 13.3. The van der Waals surface area contributed by atoms with Crippen LogP contribution in [0, 0.1) is 12.8 Å². The van der Waals surface area contributed by atoms with Crippen LogP contribution in [0.3, 0.4) is 0 Å². The molecule has 0 saturated carbocycles. The lowest BCUT2D eigenvalue weighted by molar-refractivity contribution is -0.157. The highest BCUT2D eigenvalue weighted by atomic mass is 32.1. The van der Waals surface area contributed by atoms with Crippen LogP contribution in [0.2, 0.25) is 0 Å². The number of hydrogen-bond acceptors (Lipinski definition) is 5. The molecule has 2 heterocycles. The van der Waals surface area contributed by atoms with E-state index in [0.717, 1.165) is 26.9 Å². The summed E-state index contributed by atoms with van der Waals surface area (Å²) in [6, 6.07) is 24.5. The monoisotopic (exact) mass is 498 g/mol. The molecule has 182 valence electrons. The van der Waals surface area contributed by atoms with Crippen LogP contribution in [-0.4, -0.2) is 23.9 Å². The van der Waals surface area contributed by atoms with Crippen LogP contribution in [0.25, 0.3) is 10.8 Å². The minimum Gasteiger partial charge on any atom is -0.452 e. The standard InChI is InChI=1S/C29H26N2O4S/c1-18-9-13-23(14-10-18)31-26(32)17-24(27(31)25-8-5-15-36-25)29(34)35-19(2)28(33)30-22-12-11-20-6-3-4-7-21(20)16-22/h3-16,19,24,27H,17H2,1-2H3,(H,30,33)/t19-,24+,27+/m1/s1. The van der Waals surface area contributed by atoms with Gasteiger partial charge in [-0.2, -0.15) is 0 Å². The number of hydrogen-bond donors (Lipinski definition) is 1. The number of rotatable bonds is 6. The molecule has 5 rings (SSSR count). The molecule has 36 heavy (non-hydrogen) atoms. The van der Waals surface area contributed by atoms with Gasteiger partial charge in [-0.25, -0.2) is 0 Å². The molecular weight excluding hydrogens is 472 g/mol. The van der Waals surface area contributed by atoms with E-state index in [0.29, 0.717) is 5.69 Å². The Morgan fingerprint density at radius 1 is 1.00 bits per heavy atom. The summed E-state index contributed by atoms with van der Waals surface area (Å²) in [7, 11) is 0. The first-order valence-electron chi connectivity index (χ1n) is 11.8. The lowest BCUT2D eigenvalue weighted by atomic mass is 9.98. The quantitative estimate of drug-likeness (QED) is 0.337. The third kappa shape index (κ3) is 4.75. The van der Waals surface area contributed by atoms with Crippen LogP contribution in [0.4, 0.5) is 11.4 Å². The van der Waals surface area contributed by atoms with Crippen LogP contribution in [0.15, 0.2) is 84.2 Å². The highest BCUT2D eigenvalue weighted by molar-refractivity contribution is 7.10. The third-order valence-corrected chi connectivity index (χ3v) is 7.39. The normalized spacial score (nSPS) is 18.3. The van der Waals surface area contributed by atoms with Crippen molar-refractivity contribution < 1.29 is 19.1 Å². The summed E-state index contributed by atoms with van der Waals surface area (Å²) in [5.74, 6) is -1.84. The lowest BCUT2D eigenvalue weighted by Gasteiger charge is -2.27. The maximum Gasteiger partial charge on any atom is 0.312 e. The molecule has 1 fully saturated rings. The molecule has 0 bridgehead atoms. The van der Waals surface area contributed by atoms with Gasteiger partial charge in [0.2, 0.25) is 5.91 Å². The van der Waals surface area contributed by atoms with Gasteiger partial charge in [-0.15, -0.1) is 11.3 Å². The van der Waals surface area contributed by atoms with Crippen LogP contribution < -0.4 is 10.2 Å². The summed E-state index contributed by atoms with van der Waals surface area (Å²) in [6.07, 6.45) is -0.995. The minimum atomic E-state index is -1.02. The van der Waals surface area contributed by atoms with Gasteiger partial charge in [-0.3, -0.25) is 14.4 Å². The van der Waals surface area contributed by atoms with E-state index in [1.807, 2.05) is 91.2 Å². The molecule has 3 atom stereocenters. The van der Waals surface area contributed by atoms with Crippen molar-refractivity contribution in [3.8, 4) is 0 Å². The number of thiophene rings is 1. The number of anilines is 2. The molecule has 2 amide bonds. The minimum absolute atomic E-state index is 0.0221. The number of ether oxygens (including phenoxy) is 1. The molecule has 1 aliphatic rings. The Labute approximate surface area is 213 Å². The van der Waals surface area contributed by atoms with Crippen molar-refractivity contribution in [2.75, 3.05) is 10.2 Å².